The van der Waals surface area contributed by atoms with E-state index in [9.17, 15) is 0 Å². The minimum atomic E-state index is -0.738. The molecule has 1 aliphatic rings. The molecule has 0 amide bonds. The van der Waals surface area contributed by atoms with E-state index in [-0.39, 0.29) is 5.41 Å². The summed E-state index contributed by atoms with van der Waals surface area (Å²) in [6.45, 7) is 18.5. The van der Waals surface area contributed by atoms with Crippen LogP contribution < -0.4 is 4.74 Å². The summed E-state index contributed by atoms with van der Waals surface area (Å²) in [7, 11) is 0. The molecular formula is C27H25N3O. The van der Waals surface area contributed by atoms with Gasteiger partial charge < -0.3 is 9.58 Å². The van der Waals surface area contributed by atoms with Crippen LogP contribution in [0.25, 0.3) is 37.8 Å². The predicted molar refractivity (Wildman–Crippen MR) is 125 cm³/mol. The lowest BCUT2D eigenvalue weighted by Crippen LogP contribution is -2.16. The Morgan fingerprint density at radius 2 is 1.77 bits per heavy atom. The molecule has 0 aliphatic carbocycles. The van der Waals surface area contributed by atoms with E-state index >= 15 is 0 Å². The quantitative estimate of drug-likeness (QED) is 0.288. The number of rotatable bonds is 2. The van der Waals surface area contributed by atoms with E-state index in [1.807, 2.05) is 26.0 Å². The van der Waals surface area contributed by atoms with Crippen molar-refractivity contribution in [1.82, 2.24) is 9.97 Å². The van der Waals surface area contributed by atoms with Crippen LogP contribution in [0.15, 0.2) is 48.8 Å². The van der Waals surface area contributed by atoms with E-state index in [4.69, 9.17) is 11.3 Å². The van der Waals surface area contributed by atoms with Crippen molar-refractivity contribution < 1.29 is 4.74 Å². The molecule has 5 rings (SSSR count). The molecule has 4 aromatic rings. The molecule has 0 radical (unpaired) electrons. The van der Waals surface area contributed by atoms with Crippen molar-refractivity contribution in [3.63, 3.8) is 0 Å². The molecule has 0 fully saturated rings. The molecule has 0 saturated heterocycles. The smallest absolute Gasteiger partial charge is 0.256 e. The van der Waals surface area contributed by atoms with Crippen LogP contribution >= 0.6 is 0 Å². The van der Waals surface area contributed by atoms with Crippen molar-refractivity contribution in [3.05, 3.63) is 71.3 Å². The summed E-state index contributed by atoms with van der Waals surface area (Å²) in [5, 5.41) is 3.06. The van der Waals surface area contributed by atoms with Crippen molar-refractivity contribution >= 4 is 21.7 Å². The molecule has 4 nitrogen and oxygen atoms in total. The number of hydrogen-bond acceptors (Lipinski definition) is 3. The maximum Gasteiger partial charge on any atom is 0.256 e. The van der Waals surface area contributed by atoms with Crippen molar-refractivity contribution in [2.45, 2.75) is 46.6 Å². The molecule has 3 aromatic carbocycles. The van der Waals surface area contributed by atoms with E-state index in [1.54, 1.807) is 6.33 Å². The number of benzene rings is 3. The van der Waals surface area contributed by atoms with Crippen molar-refractivity contribution in [2.75, 3.05) is 0 Å². The SMILES string of the molecule is [C-]#[N+]C(C)(C)c1c2c(cc3ccccc13)-c1ncnc3cc(CC(C)(C)C)cc(c13)O2. The monoisotopic (exact) mass is 407 g/mol. The molecular weight excluding hydrogens is 382 g/mol. The normalized spacial score (nSPS) is 13.0. The molecule has 0 atom stereocenters. The number of ether oxygens (including phenoxy) is 1. The Morgan fingerprint density at radius 3 is 2.52 bits per heavy atom. The van der Waals surface area contributed by atoms with Crippen LogP contribution in [-0.4, -0.2) is 9.97 Å². The average Bonchev–Trinajstić information content (AvgIpc) is 2.71. The maximum absolute atomic E-state index is 7.87. The number of fused-ring (bicyclic) bond motifs is 3. The van der Waals surface area contributed by atoms with Crippen LogP contribution in [0, 0.1) is 12.0 Å². The highest BCUT2D eigenvalue weighted by molar-refractivity contribution is 6.05. The molecule has 0 spiro atoms. The largest absolute Gasteiger partial charge is 0.455 e. The first kappa shape index (κ1) is 19.5. The van der Waals surface area contributed by atoms with Gasteiger partial charge >= 0.3 is 0 Å². The summed E-state index contributed by atoms with van der Waals surface area (Å²) >= 11 is 0. The second-order valence-electron chi connectivity index (χ2n) is 10.1. The van der Waals surface area contributed by atoms with E-state index < -0.39 is 5.54 Å². The molecule has 31 heavy (non-hydrogen) atoms. The van der Waals surface area contributed by atoms with Gasteiger partial charge in [0.1, 0.15) is 17.8 Å². The Bertz CT molecular complexity index is 1400. The summed E-state index contributed by atoms with van der Waals surface area (Å²) in [5.74, 6) is 1.51. The highest BCUT2D eigenvalue weighted by Gasteiger charge is 2.37. The molecule has 154 valence electrons. The van der Waals surface area contributed by atoms with Gasteiger partial charge in [-0.3, -0.25) is 0 Å². The maximum atomic E-state index is 7.87. The lowest BCUT2D eigenvalue weighted by molar-refractivity contribution is 0.410. The Balaban J connectivity index is 1.86. The number of aromatic nitrogens is 2. The highest BCUT2D eigenvalue weighted by atomic mass is 16.5. The summed E-state index contributed by atoms with van der Waals surface area (Å²) in [5.41, 5.74) is 4.20. The summed E-state index contributed by atoms with van der Waals surface area (Å²) < 4.78 is 6.61. The zero-order chi connectivity index (χ0) is 22.0. The Morgan fingerprint density at radius 1 is 1.00 bits per heavy atom. The molecule has 1 aromatic heterocycles. The van der Waals surface area contributed by atoms with Gasteiger partial charge in [0.15, 0.2) is 0 Å². The first-order valence-corrected chi connectivity index (χ1v) is 10.6. The van der Waals surface area contributed by atoms with Gasteiger partial charge in [0, 0.05) is 19.4 Å². The topological polar surface area (TPSA) is 39.4 Å². The van der Waals surface area contributed by atoms with Gasteiger partial charge in [-0.25, -0.2) is 16.5 Å². The van der Waals surface area contributed by atoms with Crippen LogP contribution in [-0.2, 0) is 12.0 Å². The fourth-order valence-corrected chi connectivity index (χ4v) is 4.59. The van der Waals surface area contributed by atoms with Crippen LogP contribution in [0.1, 0.15) is 45.7 Å². The third kappa shape index (κ3) is 3.13. The van der Waals surface area contributed by atoms with E-state index in [0.29, 0.717) is 0 Å². The minimum Gasteiger partial charge on any atom is -0.455 e. The van der Waals surface area contributed by atoms with Crippen LogP contribution in [0.2, 0.25) is 0 Å². The third-order valence-corrected chi connectivity index (χ3v) is 5.86. The molecule has 4 heteroatoms. The molecule has 1 aliphatic heterocycles. The van der Waals surface area contributed by atoms with Gasteiger partial charge in [0.2, 0.25) is 0 Å². The van der Waals surface area contributed by atoms with Gasteiger partial charge in [-0.2, -0.15) is 0 Å². The lowest BCUT2D eigenvalue weighted by atomic mass is 9.84. The first-order chi connectivity index (χ1) is 14.7. The van der Waals surface area contributed by atoms with Gasteiger partial charge in [0.25, 0.3) is 5.54 Å². The third-order valence-electron chi connectivity index (χ3n) is 5.86. The van der Waals surface area contributed by atoms with Crippen molar-refractivity contribution in [1.29, 1.82) is 0 Å². The Kier molecular flexibility index (Phi) is 4.10. The van der Waals surface area contributed by atoms with E-state index in [2.05, 4.69) is 65.9 Å². The number of hydrogen-bond donors (Lipinski definition) is 0. The van der Waals surface area contributed by atoms with E-state index in [0.717, 1.165) is 56.4 Å². The van der Waals surface area contributed by atoms with E-state index in [1.165, 1.54) is 5.56 Å². The lowest BCUT2D eigenvalue weighted by Gasteiger charge is -2.27. The van der Waals surface area contributed by atoms with Crippen molar-refractivity contribution in [3.8, 4) is 22.8 Å². The average molecular weight is 408 g/mol. The fourth-order valence-electron chi connectivity index (χ4n) is 4.59. The van der Waals surface area contributed by atoms with Crippen LogP contribution in [0.4, 0.5) is 0 Å². The predicted octanol–water partition coefficient (Wildman–Crippen LogP) is 7.30. The first-order valence-electron chi connectivity index (χ1n) is 10.6. The van der Waals surface area contributed by atoms with Crippen molar-refractivity contribution in [2.24, 2.45) is 5.41 Å². The van der Waals surface area contributed by atoms with Gasteiger partial charge in [-0.05, 0) is 46.4 Å². The number of nitrogens with zero attached hydrogens (tertiary/aromatic N) is 3. The van der Waals surface area contributed by atoms with Crippen LogP contribution in [0.5, 0.6) is 11.5 Å². The summed E-state index contributed by atoms with van der Waals surface area (Å²) in [4.78, 5) is 13.2. The second kappa shape index (κ2) is 6.52. The summed E-state index contributed by atoms with van der Waals surface area (Å²) in [6, 6.07) is 14.6. The molecule has 0 bridgehead atoms. The molecule has 0 unspecified atom stereocenters. The highest BCUT2D eigenvalue weighted by Crippen LogP contribution is 2.52. The molecule has 2 heterocycles. The standard InChI is InChI=1S/C27H25N3O/c1-26(2,3)14-16-11-20-22-21(12-16)31-25-19(24(22)30-15-29-20)13-17-9-7-8-10-18(17)23(25)27(4,5)28-6/h7-13,15H,14H2,1-5H3. The second-order valence-corrected chi connectivity index (χ2v) is 10.1. The molecule has 0 N–H and O–H groups in total. The van der Waals surface area contributed by atoms with Gasteiger partial charge in [0.05, 0.1) is 22.2 Å². The minimum absolute atomic E-state index is 0.149. The Hall–Kier alpha value is -3.45. The Labute approximate surface area is 182 Å². The zero-order valence-electron chi connectivity index (χ0n) is 18.6. The summed E-state index contributed by atoms with van der Waals surface area (Å²) in [6.07, 6.45) is 2.55. The fraction of sp³-hybridized carbons (Fsp3) is 0.296. The molecule has 0 saturated carbocycles. The zero-order valence-corrected chi connectivity index (χ0v) is 18.6. The van der Waals surface area contributed by atoms with Gasteiger partial charge in [-0.1, -0.05) is 45.0 Å². The van der Waals surface area contributed by atoms with Crippen LogP contribution in [0.3, 0.4) is 0 Å². The van der Waals surface area contributed by atoms with Gasteiger partial charge in [-0.15, -0.1) is 0 Å².